The summed E-state index contributed by atoms with van der Waals surface area (Å²) in [7, 11) is -13.9. The van der Waals surface area contributed by atoms with E-state index >= 15 is 0 Å². The molecule has 0 amide bonds. The molecule has 7 aromatic rings. The Bertz CT molecular complexity index is 1990. The maximum Gasteiger partial charge on any atom is 0.116 e. The summed E-state index contributed by atoms with van der Waals surface area (Å²) in [5, 5.41) is 8.59. The Hall–Kier alpha value is -4.34. The van der Waals surface area contributed by atoms with Crippen molar-refractivity contribution in [2.75, 3.05) is 6.16 Å². The molecule has 0 unspecified atom stereocenters. The molecule has 12 heteroatoms. The molecule has 57 heavy (non-hydrogen) atoms. The summed E-state index contributed by atoms with van der Waals surface area (Å²) in [4.78, 5) is 0. The van der Waals surface area contributed by atoms with Crippen molar-refractivity contribution in [3.63, 3.8) is 0 Å². The molecule has 0 aliphatic carbocycles. The van der Waals surface area contributed by atoms with E-state index in [1.807, 2.05) is 0 Å². The Labute approximate surface area is 338 Å². The summed E-state index contributed by atoms with van der Waals surface area (Å²) in [5.74, 6) is 0. The monoisotopic (exact) mass is 840 g/mol. The molecular weight excluding hydrogens is 801 g/mol. The van der Waals surface area contributed by atoms with E-state index in [1.54, 1.807) is 0 Å². The van der Waals surface area contributed by atoms with Crippen LogP contribution in [0.5, 0.6) is 0 Å². The fourth-order valence-corrected chi connectivity index (χ4v) is 15.7. The lowest BCUT2D eigenvalue weighted by Gasteiger charge is -2.30. The topological polar surface area (TPSA) is 184 Å². The zero-order valence-corrected chi connectivity index (χ0v) is 34.0. The van der Waals surface area contributed by atoms with Gasteiger partial charge in [0.05, 0.1) is 12.3 Å². The molecule has 0 aliphatic rings. The molecular formula is C45H40Cl2O8P2. The van der Waals surface area contributed by atoms with Crippen molar-refractivity contribution in [2.24, 2.45) is 0 Å². The molecule has 0 spiro atoms. The van der Waals surface area contributed by atoms with E-state index in [1.165, 1.54) is 43.0 Å². The summed E-state index contributed by atoms with van der Waals surface area (Å²) in [6.45, 7) is 0. The minimum atomic E-state index is -4.94. The first-order chi connectivity index (χ1) is 27.3. The highest BCUT2D eigenvalue weighted by atomic mass is 35.7. The average molecular weight is 842 g/mol. The van der Waals surface area contributed by atoms with E-state index in [-0.39, 0.29) is 0 Å². The Morgan fingerprint density at radius 1 is 0.281 bits per heavy atom. The summed E-state index contributed by atoms with van der Waals surface area (Å²) < 4.78 is 67.9. The first-order valence-electron chi connectivity index (χ1n) is 17.7. The SMILES string of the molecule is [O-][Cl+3]([O-])([O-])[O-].[O-][Cl+3]([O-])([O-])[O-].c1ccc([P+](CCc2ccccc2C[P+](c2ccccc2)(c2ccccc2)c2ccccc2)(c2ccccc2)c2ccccc2)cc1. The van der Waals surface area contributed by atoms with Crippen molar-refractivity contribution in [1.29, 1.82) is 0 Å². The summed E-state index contributed by atoms with van der Waals surface area (Å²) in [5.41, 5.74) is 2.90. The molecule has 292 valence electrons. The van der Waals surface area contributed by atoms with Gasteiger partial charge in [-0.05, 0) is 83.9 Å². The smallest absolute Gasteiger partial charge is 0.116 e. The van der Waals surface area contributed by atoms with Gasteiger partial charge in [0.25, 0.3) is 0 Å². The van der Waals surface area contributed by atoms with Gasteiger partial charge in [-0.25, -0.2) is 37.3 Å². The van der Waals surface area contributed by atoms with E-state index in [0.29, 0.717) is 0 Å². The third kappa shape index (κ3) is 12.3. The lowest BCUT2D eigenvalue weighted by Crippen LogP contribution is -2.68. The van der Waals surface area contributed by atoms with Gasteiger partial charge in [0.15, 0.2) is 0 Å². The number of hydrogen-bond acceptors (Lipinski definition) is 8. The predicted octanol–water partition coefficient (Wildman–Crippen LogP) is -0.795. The summed E-state index contributed by atoms with van der Waals surface area (Å²) in [6, 6.07) is 76.9. The van der Waals surface area contributed by atoms with E-state index in [4.69, 9.17) is 37.3 Å². The van der Waals surface area contributed by atoms with Crippen LogP contribution in [0.4, 0.5) is 0 Å². The van der Waals surface area contributed by atoms with Crippen molar-refractivity contribution >= 4 is 46.4 Å². The van der Waals surface area contributed by atoms with Crippen molar-refractivity contribution in [1.82, 2.24) is 0 Å². The van der Waals surface area contributed by atoms with Crippen LogP contribution in [-0.4, -0.2) is 6.16 Å². The molecule has 0 bridgehead atoms. The average Bonchev–Trinajstić information content (AvgIpc) is 3.22. The van der Waals surface area contributed by atoms with Gasteiger partial charge in [-0.1, -0.05) is 133 Å². The van der Waals surface area contributed by atoms with Crippen LogP contribution >= 0.6 is 14.5 Å². The fourth-order valence-electron chi connectivity index (χ4n) is 7.15. The normalized spacial score (nSPS) is 11.7. The lowest BCUT2D eigenvalue weighted by atomic mass is 10.1. The van der Waals surface area contributed by atoms with Crippen LogP contribution in [0, 0.1) is 20.5 Å². The third-order valence-electron chi connectivity index (χ3n) is 9.42. The van der Waals surface area contributed by atoms with Crippen LogP contribution in [0.3, 0.4) is 0 Å². The highest BCUT2D eigenvalue weighted by molar-refractivity contribution is 7.96. The van der Waals surface area contributed by atoms with E-state index in [0.717, 1.165) is 18.7 Å². The molecule has 0 radical (unpaired) electrons. The number of halogens is 2. The van der Waals surface area contributed by atoms with Crippen LogP contribution < -0.4 is 69.1 Å². The Morgan fingerprint density at radius 3 is 0.754 bits per heavy atom. The van der Waals surface area contributed by atoms with Crippen molar-refractivity contribution in [3.05, 3.63) is 217 Å². The zero-order valence-electron chi connectivity index (χ0n) is 30.7. The van der Waals surface area contributed by atoms with E-state index in [9.17, 15) is 0 Å². The minimum absolute atomic E-state index is 0.981. The van der Waals surface area contributed by atoms with Gasteiger partial charge in [0.2, 0.25) is 0 Å². The van der Waals surface area contributed by atoms with Gasteiger partial charge in [-0.3, -0.25) is 0 Å². The largest absolute Gasteiger partial charge is 0.222 e. The van der Waals surface area contributed by atoms with E-state index < -0.39 is 35.0 Å². The molecule has 0 heterocycles. The molecule has 0 aromatic heterocycles. The molecule has 0 aliphatic heterocycles. The standard InChI is InChI=1S/C45H40P2.2ClHO4/c1-7-23-40(24-8-1)46(41-25-9-2-10-26-41,42-27-11-3-12-28-42)36-35-38-21-19-20-22-39(38)37-47(43-29-13-4-14-30-43,44-31-15-5-16-32-44)45-33-17-6-18-34-45;2*2-1(3,4)5/h1-34H,35-37H2;2*(H,2,3,4,5)/q+2;;/p-2. The van der Waals surface area contributed by atoms with E-state index in [2.05, 4.69) is 206 Å². The number of hydrogen-bond donors (Lipinski definition) is 0. The number of rotatable bonds is 11. The number of benzene rings is 7. The van der Waals surface area contributed by atoms with Gasteiger partial charge in [0, 0.05) is 6.42 Å². The Balaban J connectivity index is 0.000000554. The second-order valence-corrected chi connectivity index (χ2v) is 21.4. The predicted molar refractivity (Wildman–Crippen MR) is 209 cm³/mol. The van der Waals surface area contributed by atoms with Crippen molar-refractivity contribution in [3.8, 4) is 0 Å². The summed E-state index contributed by atoms with van der Waals surface area (Å²) >= 11 is 0. The van der Waals surface area contributed by atoms with Gasteiger partial charge in [-0.15, -0.1) is 20.5 Å². The fraction of sp³-hybridized carbons (Fsp3) is 0.0667. The molecule has 7 aromatic carbocycles. The lowest BCUT2D eigenvalue weighted by molar-refractivity contribution is -2.00. The van der Waals surface area contributed by atoms with Gasteiger partial charge in [-0.2, -0.15) is 0 Å². The van der Waals surface area contributed by atoms with Gasteiger partial charge >= 0.3 is 0 Å². The highest BCUT2D eigenvalue weighted by Crippen LogP contribution is 2.59. The van der Waals surface area contributed by atoms with Crippen LogP contribution in [-0.2, 0) is 12.6 Å². The molecule has 0 atom stereocenters. The van der Waals surface area contributed by atoms with Gasteiger partial charge in [0.1, 0.15) is 46.4 Å². The molecule has 0 saturated carbocycles. The van der Waals surface area contributed by atoms with Crippen LogP contribution in [0.25, 0.3) is 0 Å². The third-order valence-corrected chi connectivity index (χ3v) is 18.2. The van der Waals surface area contributed by atoms with Crippen molar-refractivity contribution in [2.45, 2.75) is 12.6 Å². The Morgan fingerprint density at radius 2 is 0.491 bits per heavy atom. The van der Waals surface area contributed by atoms with Crippen LogP contribution in [0.1, 0.15) is 11.1 Å². The quantitative estimate of drug-likeness (QED) is 0.152. The Kier molecular flexibility index (Phi) is 15.7. The number of aryl methyl sites for hydroxylation is 1. The first kappa shape index (κ1) is 43.8. The second-order valence-electron chi connectivity index (χ2n) is 12.8. The van der Waals surface area contributed by atoms with Crippen LogP contribution in [0.2, 0.25) is 0 Å². The molecule has 0 saturated heterocycles. The zero-order chi connectivity index (χ0) is 40.8. The molecule has 7 rings (SSSR count). The minimum Gasteiger partial charge on any atom is -0.222 e. The molecule has 8 nitrogen and oxygen atoms in total. The van der Waals surface area contributed by atoms with Gasteiger partial charge < -0.3 is 0 Å². The maximum absolute atomic E-state index is 8.49. The van der Waals surface area contributed by atoms with Crippen LogP contribution in [0.15, 0.2) is 206 Å². The highest BCUT2D eigenvalue weighted by Gasteiger charge is 2.47. The van der Waals surface area contributed by atoms with Crippen molar-refractivity contribution < 1.29 is 57.8 Å². The first-order valence-corrected chi connectivity index (χ1v) is 24.1. The maximum atomic E-state index is 8.49. The second kappa shape index (κ2) is 20.4. The molecule has 0 fully saturated rings. The molecule has 0 N–H and O–H groups in total. The summed E-state index contributed by atoms with van der Waals surface area (Å²) in [6.07, 6.45) is 3.05.